The summed E-state index contributed by atoms with van der Waals surface area (Å²) in [6.07, 6.45) is 1.01. The molecule has 0 spiro atoms. The van der Waals surface area contributed by atoms with Gasteiger partial charge in [0.25, 0.3) is 5.89 Å². The molecule has 0 aliphatic carbocycles. The summed E-state index contributed by atoms with van der Waals surface area (Å²) in [5.74, 6) is 2.21. The molecule has 6 nitrogen and oxygen atoms in total. The molecule has 27 heavy (non-hydrogen) atoms. The zero-order valence-corrected chi connectivity index (χ0v) is 16.1. The van der Waals surface area contributed by atoms with E-state index in [0.29, 0.717) is 27.6 Å². The van der Waals surface area contributed by atoms with Crippen LogP contribution in [0.4, 0.5) is 0 Å². The quantitative estimate of drug-likeness (QED) is 0.459. The molecule has 0 saturated heterocycles. The van der Waals surface area contributed by atoms with Gasteiger partial charge in [-0.15, -0.1) is 5.10 Å². The van der Waals surface area contributed by atoms with Gasteiger partial charge in [0.2, 0.25) is 5.16 Å². The van der Waals surface area contributed by atoms with E-state index in [1.54, 1.807) is 6.07 Å². The Kier molecular flexibility index (Phi) is 5.22. The van der Waals surface area contributed by atoms with Crippen LogP contribution >= 0.6 is 23.4 Å². The molecule has 4 aromatic rings. The number of aromatic amines is 1. The summed E-state index contributed by atoms with van der Waals surface area (Å²) in [5.41, 5.74) is 3.02. The molecule has 0 atom stereocenters. The van der Waals surface area contributed by atoms with Gasteiger partial charge >= 0.3 is 0 Å². The largest absolute Gasteiger partial charge is 0.334 e. The number of hydrogen-bond donors (Lipinski definition) is 1. The number of benzene rings is 2. The second-order valence-electron chi connectivity index (χ2n) is 5.80. The predicted molar refractivity (Wildman–Crippen MR) is 106 cm³/mol. The summed E-state index contributed by atoms with van der Waals surface area (Å²) >= 11 is 7.60. The van der Waals surface area contributed by atoms with Crippen molar-refractivity contribution in [2.75, 3.05) is 0 Å². The first-order valence-corrected chi connectivity index (χ1v) is 9.81. The number of aryl methyl sites for hydroxylation is 1. The van der Waals surface area contributed by atoms with Crippen molar-refractivity contribution in [3.8, 4) is 22.8 Å². The smallest absolute Gasteiger partial charge is 0.259 e. The number of nitrogens with one attached hydrogen (secondary N) is 1. The highest BCUT2D eigenvalue weighted by molar-refractivity contribution is 7.98. The van der Waals surface area contributed by atoms with Crippen molar-refractivity contribution in [1.82, 2.24) is 25.3 Å². The Morgan fingerprint density at radius 2 is 1.89 bits per heavy atom. The van der Waals surface area contributed by atoms with Gasteiger partial charge in [0, 0.05) is 5.56 Å². The van der Waals surface area contributed by atoms with Crippen molar-refractivity contribution >= 4 is 23.4 Å². The van der Waals surface area contributed by atoms with E-state index < -0.39 is 0 Å². The SMILES string of the molecule is CCc1ccc(-c2nc(SCc3noc(-c4ccccc4Cl)n3)n[nH]2)cc1. The van der Waals surface area contributed by atoms with Crippen LogP contribution < -0.4 is 0 Å². The molecule has 2 aromatic heterocycles. The summed E-state index contributed by atoms with van der Waals surface area (Å²) in [5, 5.41) is 12.4. The average molecular weight is 398 g/mol. The molecular formula is C19H16ClN5OS. The normalized spacial score (nSPS) is 11.0. The number of aromatic nitrogens is 5. The lowest BCUT2D eigenvalue weighted by atomic mass is 10.1. The van der Waals surface area contributed by atoms with E-state index in [4.69, 9.17) is 16.1 Å². The van der Waals surface area contributed by atoms with E-state index in [0.717, 1.165) is 23.4 Å². The second-order valence-corrected chi connectivity index (χ2v) is 7.15. The zero-order chi connectivity index (χ0) is 18.6. The van der Waals surface area contributed by atoms with Gasteiger partial charge in [-0.05, 0) is 24.1 Å². The molecule has 8 heteroatoms. The topological polar surface area (TPSA) is 80.5 Å². The molecule has 0 unspecified atom stereocenters. The summed E-state index contributed by atoms with van der Waals surface area (Å²) in [7, 11) is 0. The molecule has 0 saturated carbocycles. The maximum absolute atomic E-state index is 6.16. The Morgan fingerprint density at radius 1 is 1.07 bits per heavy atom. The number of halogens is 1. The number of H-pyrrole nitrogens is 1. The lowest BCUT2D eigenvalue weighted by Gasteiger charge is -1.98. The third kappa shape index (κ3) is 4.04. The third-order valence-electron chi connectivity index (χ3n) is 4.00. The summed E-state index contributed by atoms with van der Waals surface area (Å²) in [4.78, 5) is 8.91. The van der Waals surface area contributed by atoms with Crippen LogP contribution in [0.15, 0.2) is 58.2 Å². The molecule has 2 heterocycles. The molecular weight excluding hydrogens is 382 g/mol. The summed E-state index contributed by atoms with van der Waals surface area (Å²) in [6.45, 7) is 2.13. The molecule has 1 N–H and O–H groups in total. The van der Waals surface area contributed by atoms with Crippen molar-refractivity contribution in [1.29, 1.82) is 0 Å². The van der Waals surface area contributed by atoms with Gasteiger partial charge in [0.15, 0.2) is 11.6 Å². The molecule has 136 valence electrons. The first kappa shape index (κ1) is 17.8. The Balaban J connectivity index is 1.42. The van der Waals surface area contributed by atoms with Crippen molar-refractivity contribution in [3.05, 3.63) is 64.9 Å². The van der Waals surface area contributed by atoms with E-state index in [1.165, 1.54) is 17.3 Å². The fourth-order valence-corrected chi connectivity index (χ4v) is 3.38. The first-order chi connectivity index (χ1) is 13.2. The number of thioether (sulfide) groups is 1. The van der Waals surface area contributed by atoms with Gasteiger partial charge in [-0.25, -0.2) is 4.98 Å². The Morgan fingerprint density at radius 3 is 2.67 bits per heavy atom. The standard InChI is InChI=1S/C19H16ClN5OS/c1-2-12-7-9-13(10-8-12)17-22-19(24-23-17)27-11-16-21-18(26-25-16)14-5-3-4-6-15(14)20/h3-10H,2,11H2,1H3,(H,22,23,24). The Bertz CT molecular complexity index is 1040. The molecule has 0 radical (unpaired) electrons. The molecule has 0 aliphatic heterocycles. The second kappa shape index (κ2) is 7.94. The van der Waals surface area contributed by atoms with Gasteiger partial charge in [0.05, 0.1) is 16.3 Å². The number of rotatable bonds is 6. The van der Waals surface area contributed by atoms with E-state index in [9.17, 15) is 0 Å². The molecule has 0 aliphatic rings. The van der Waals surface area contributed by atoms with Gasteiger partial charge in [-0.2, -0.15) is 4.98 Å². The monoisotopic (exact) mass is 397 g/mol. The van der Waals surface area contributed by atoms with Gasteiger partial charge in [-0.1, -0.05) is 71.8 Å². The van der Waals surface area contributed by atoms with Crippen molar-refractivity contribution in [2.24, 2.45) is 0 Å². The zero-order valence-electron chi connectivity index (χ0n) is 14.5. The van der Waals surface area contributed by atoms with Crippen LogP contribution in [0, 0.1) is 0 Å². The number of hydrogen-bond acceptors (Lipinski definition) is 6. The van der Waals surface area contributed by atoms with Crippen LogP contribution in [0.25, 0.3) is 22.8 Å². The van der Waals surface area contributed by atoms with Crippen molar-refractivity contribution < 1.29 is 4.52 Å². The maximum atomic E-state index is 6.16. The minimum Gasteiger partial charge on any atom is -0.334 e. The third-order valence-corrected chi connectivity index (χ3v) is 5.18. The highest BCUT2D eigenvalue weighted by Gasteiger charge is 2.13. The minimum absolute atomic E-state index is 0.405. The van der Waals surface area contributed by atoms with Crippen molar-refractivity contribution in [2.45, 2.75) is 24.3 Å². The lowest BCUT2D eigenvalue weighted by molar-refractivity contribution is 0.425. The van der Waals surface area contributed by atoms with E-state index in [1.807, 2.05) is 30.3 Å². The molecule has 4 rings (SSSR count). The van der Waals surface area contributed by atoms with E-state index >= 15 is 0 Å². The Labute approximate surface area is 165 Å². The van der Waals surface area contributed by atoms with Gasteiger partial charge in [0.1, 0.15) is 0 Å². The minimum atomic E-state index is 0.405. The van der Waals surface area contributed by atoms with Crippen LogP contribution in [0.1, 0.15) is 18.3 Å². The van der Waals surface area contributed by atoms with Crippen LogP contribution in [-0.2, 0) is 12.2 Å². The average Bonchev–Trinajstić information content (AvgIpc) is 3.36. The van der Waals surface area contributed by atoms with Gasteiger partial charge in [-0.3, -0.25) is 5.10 Å². The van der Waals surface area contributed by atoms with Crippen LogP contribution in [-0.4, -0.2) is 25.3 Å². The number of nitrogens with zero attached hydrogens (tertiary/aromatic N) is 4. The van der Waals surface area contributed by atoms with E-state index in [2.05, 4.69) is 44.4 Å². The summed E-state index contributed by atoms with van der Waals surface area (Å²) in [6, 6.07) is 15.7. The summed E-state index contributed by atoms with van der Waals surface area (Å²) < 4.78 is 5.31. The molecule has 0 amide bonds. The highest BCUT2D eigenvalue weighted by Crippen LogP contribution is 2.27. The Hall–Kier alpha value is -2.64. The lowest BCUT2D eigenvalue weighted by Crippen LogP contribution is -1.86. The van der Waals surface area contributed by atoms with Crippen molar-refractivity contribution in [3.63, 3.8) is 0 Å². The molecule has 2 aromatic carbocycles. The molecule has 0 bridgehead atoms. The fraction of sp³-hybridized carbons (Fsp3) is 0.158. The maximum Gasteiger partial charge on any atom is 0.259 e. The van der Waals surface area contributed by atoms with Crippen LogP contribution in [0.3, 0.4) is 0 Å². The first-order valence-electron chi connectivity index (χ1n) is 8.45. The van der Waals surface area contributed by atoms with Crippen LogP contribution in [0.2, 0.25) is 5.02 Å². The fourth-order valence-electron chi connectivity index (χ4n) is 2.52. The predicted octanol–water partition coefficient (Wildman–Crippen LogP) is 5.03. The van der Waals surface area contributed by atoms with Gasteiger partial charge < -0.3 is 4.52 Å². The van der Waals surface area contributed by atoms with E-state index in [-0.39, 0.29) is 0 Å². The molecule has 0 fully saturated rings. The van der Waals surface area contributed by atoms with Crippen LogP contribution in [0.5, 0.6) is 0 Å². The highest BCUT2D eigenvalue weighted by atomic mass is 35.5.